The Balaban J connectivity index is 1.37. The molecule has 2 fully saturated rings. The predicted molar refractivity (Wildman–Crippen MR) is 118 cm³/mol. The van der Waals surface area contributed by atoms with Crippen LogP contribution >= 0.6 is 0 Å². The molecule has 0 saturated carbocycles. The van der Waals surface area contributed by atoms with E-state index in [0.29, 0.717) is 5.89 Å². The SMILES string of the molecule is CNc1ncccc1CN1CCC(c2nnc([C@H]3CCCCN3C(=O)C(C)C)o2)CC1. The Kier molecular flexibility index (Phi) is 6.85. The monoisotopic (exact) mass is 426 g/mol. The summed E-state index contributed by atoms with van der Waals surface area (Å²) in [5, 5.41) is 11.9. The van der Waals surface area contributed by atoms with Gasteiger partial charge in [-0.3, -0.25) is 9.69 Å². The number of hydrogen-bond acceptors (Lipinski definition) is 7. The molecule has 4 heterocycles. The van der Waals surface area contributed by atoms with Crippen LogP contribution in [0.3, 0.4) is 0 Å². The van der Waals surface area contributed by atoms with Crippen LogP contribution in [0.5, 0.6) is 0 Å². The van der Waals surface area contributed by atoms with Gasteiger partial charge in [0.25, 0.3) is 0 Å². The number of nitrogens with zero attached hydrogens (tertiary/aromatic N) is 5. The van der Waals surface area contributed by atoms with E-state index in [-0.39, 0.29) is 23.8 Å². The first kappa shape index (κ1) is 21.7. The van der Waals surface area contributed by atoms with Crippen LogP contribution in [-0.2, 0) is 11.3 Å². The molecule has 0 spiro atoms. The van der Waals surface area contributed by atoms with Crippen LogP contribution in [0, 0.1) is 5.92 Å². The molecular formula is C23H34N6O2. The lowest BCUT2D eigenvalue weighted by Gasteiger charge is -2.34. The van der Waals surface area contributed by atoms with E-state index in [4.69, 9.17) is 4.42 Å². The van der Waals surface area contributed by atoms with Gasteiger partial charge in [-0.05, 0) is 51.3 Å². The van der Waals surface area contributed by atoms with E-state index in [0.717, 1.165) is 70.0 Å². The van der Waals surface area contributed by atoms with Gasteiger partial charge in [0.05, 0.1) is 0 Å². The molecule has 8 heteroatoms. The van der Waals surface area contributed by atoms with E-state index in [2.05, 4.69) is 31.5 Å². The van der Waals surface area contributed by atoms with Gasteiger partial charge < -0.3 is 14.6 Å². The lowest BCUT2D eigenvalue weighted by Crippen LogP contribution is -2.40. The van der Waals surface area contributed by atoms with Crippen molar-refractivity contribution in [2.75, 3.05) is 32.0 Å². The van der Waals surface area contributed by atoms with Crippen LogP contribution in [0.25, 0.3) is 0 Å². The molecular weight excluding hydrogens is 392 g/mol. The van der Waals surface area contributed by atoms with Crippen molar-refractivity contribution in [2.45, 2.75) is 64.5 Å². The molecule has 0 unspecified atom stereocenters. The van der Waals surface area contributed by atoms with Crippen LogP contribution in [0.1, 0.15) is 75.3 Å². The Morgan fingerprint density at radius 3 is 2.68 bits per heavy atom. The number of rotatable bonds is 6. The van der Waals surface area contributed by atoms with Crippen molar-refractivity contribution < 1.29 is 9.21 Å². The van der Waals surface area contributed by atoms with Crippen LogP contribution < -0.4 is 5.32 Å². The highest BCUT2D eigenvalue weighted by Gasteiger charge is 2.34. The lowest BCUT2D eigenvalue weighted by atomic mass is 9.96. The van der Waals surface area contributed by atoms with E-state index in [1.165, 1.54) is 5.56 Å². The van der Waals surface area contributed by atoms with Crippen LogP contribution in [0.2, 0.25) is 0 Å². The molecule has 2 aliphatic rings. The average Bonchev–Trinajstić information content (AvgIpc) is 3.29. The van der Waals surface area contributed by atoms with Gasteiger partial charge in [-0.2, -0.15) is 0 Å². The molecule has 4 rings (SSSR count). The number of amides is 1. The van der Waals surface area contributed by atoms with Crippen molar-refractivity contribution in [1.29, 1.82) is 0 Å². The molecule has 1 amide bonds. The Morgan fingerprint density at radius 1 is 1.16 bits per heavy atom. The lowest BCUT2D eigenvalue weighted by molar-refractivity contribution is -0.139. The Bertz CT molecular complexity index is 874. The van der Waals surface area contributed by atoms with E-state index in [1.54, 1.807) is 0 Å². The van der Waals surface area contributed by atoms with Gasteiger partial charge in [0.2, 0.25) is 17.7 Å². The van der Waals surface area contributed by atoms with Gasteiger partial charge in [0.15, 0.2) is 0 Å². The van der Waals surface area contributed by atoms with Crippen molar-refractivity contribution in [1.82, 2.24) is 25.0 Å². The smallest absolute Gasteiger partial charge is 0.238 e. The number of carbonyl (C=O) groups excluding carboxylic acids is 1. The number of anilines is 1. The highest BCUT2D eigenvalue weighted by molar-refractivity contribution is 5.78. The summed E-state index contributed by atoms with van der Waals surface area (Å²) in [6.45, 7) is 7.54. The normalized spacial score (nSPS) is 20.9. The maximum atomic E-state index is 12.6. The summed E-state index contributed by atoms with van der Waals surface area (Å²) in [6, 6.07) is 4.04. The first-order valence-corrected chi connectivity index (χ1v) is 11.5. The second-order valence-electron chi connectivity index (χ2n) is 8.99. The summed E-state index contributed by atoms with van der Waals surface area (Å²) in [6.07, 6.45) is 6.84. The third kappa shape index (κ3) is 4.89. The molecule has 0 radical (unpaired) electrons. The van der Waals surface area contributed by atoms with Crippen molar-refractivity contribution in [3.63, 3.8) is 0 Å². The standard InChI is InChI=1S/C23H34N6O2/c1-16(2)23(30)29-12-5-4-8-19(29)22-27-26-21(31-22)17-9-13-28(14-10-17)15-18-7-6-11-25-20(18)24-3/h6-7,11,16-17,19H,4-5,8-10,12-15H2,1-3H3,(H,24,25)/t19-/m1/s1. The minimum absolute atomic E-state index is 0.0180. The zero-order chi connectivity index (χ0) is 21.8. The zero-order valence-electron chi connectivity index (χ0n) is 18.9. The minimum Gasteiger partial charge on any atom is -0.423 e. The molecule has 31 heavy (non-hydrogen) atoms. The molecule has 2 aromatic heterocycles. The molecule has 8 nitrogen and oxygen atoms in total. The van der Waals surface area contributed by atoms with Gasteiger partial charge in [-0.15, -0.1) is 10.2 Å². The van der Waals surface area contributed by atoms with Crippen molar-refractivity contribution in [2.24, 2.45) is 5.92 Å². The summed E-state index contributed by atoms with van der Waals surface area (Å²) in [5.74, 6) is 2.73. The Labute approximate surface area is 184 Å². The molecule has 0 aromatic carbocycles. The fraction of sp³-hybridized carbons (Fsp3) is 0.652. The highest BCUT2D eigenvalue weighted by Crippen LogP contribution is 2.34. The van der Waals surface area contributed by atoms with Crippen LogP contribution in [0.15, 0.2) is 22.7 Å². The summed E-state index contributed by atoms with van der Waals surface area (Å²) < 4.78 is 6.16. The summed E-state index contributed by atoms with van der Waals surface area (Å²) in [4.78, 5) is 21.4. The fourth-order valence-electron chi connectivity index (χ4n) is 4.70. The van der Waals surface area contributed by atoms with Gasteiger partial charge in [-0.25, -0.2) is 4.98 Å². The van der Waals surface area contributed by atoms with E-state index in [1.807, 2.05) is 38.1 Å². The summed E-state index contributed by atoms with van der Waals surface area (Å²) in [5.41, 5.74) is 1.22. The molecule has 0 bridgehead atoms. The first-order valence-electron chi connectivity index (χ1n) is 11.5. The molecule has 0 aliphatic carbocycles. The third-order valence-corrected chi connectivity index (χ3v) is 6.48. The van der Waals surface area contributed by atoms with Crippen LogP contribution in [-0.4, -0.2) is 57.6 Å². The minimum atomic E-state index is -0.0736. The second kappa shape index (κ2) is 9.77. The molecule has 2 saturated heterocycles. The molecule has 168 valence electrons. The van der Waals surface area contributed by atoms with E-state index < -0.39 is 0 Å². The van der Waals surface area contributed by atoms with Gasteiger partial charge >= 0.3 is 0 Å². The maximum Gasteiger partial charge on any atom is 0.238 e. The third-order valence-electron chi connectivity index (χ3n) is 6.48. The number of hydrogen-bond donors (Lipinski definition) is 1. The molecule has 2 aromatic rings. The Hall–Kier alpha value is -2.48. The maximum absolute atomic E-state index is 12.6. The van der Waals surface area contributed by atoms with Crippen molar-refractivity contribution >= 4 is 11.7 Å². The molecule has 1 N–H and O–H groups in total. The molecule has 2 aliphatic heterocycles. The number of carbonyl (C=O) groups is 1. The number of aromatic nitrogens is 3. The first-order chi connectivity index (χ1) is 15.1. The number of pyridine rings is 1. The van der Waals surface area contributed by atoms with E-state index in [9.17, 15) is 4.79 Å². The van der Waals surface area contributed by atoms with Gasteiger partial charge in [0.1, 0.15) is 11.9 Å². The number of nitrogens with one attached hydrogen (secondary N) is 1. The quantitative estimate of drug-likeness (QED) is 0.755. The zero-order valence-corrected chi connectivity index (χ0v) is 18.9. The van der Waals surface area contributed by atoms with Crippen molar-refractivity contribution in [3.8, 4) is 0 Å². The van der Waals surface area contributed by atoms with Crippen molar-refractivity contribution in [3.05, 3.63) is 35.7 Å². The average molecular weight is 427 g/mol. The van der Waals surface area contributed by atoms with Crippen LogP contribution in [0.4, 0.5) is 5.82 Å². The van der Waals surface area contributed by atoms with Gasteiger partial charge in [-0.1, -0.05) is 19.9 Å². The fourth-order valence-corrected chi connectivity index (χ4v) is 4.70. The largest absolute Gasteiger partial charge is 0.423 e. The Morgan fingerprint density at radius 2 is 1.94 bits per heavy atom. The number of piperidine rings is 2. The number of likely N-dealkylation sites (tertiary alicyclic amines) is 2. The summed E-state index contributed by atoms with van der Waals surface area (Å²) >= 11 is 0. The van der Waals surface area contributed by atoms with E-state index >= 15 is 0 Å². The topological polar surface area (TPSA) is 87.4 Å². The second-order valence-corrected chi connectivity index (χ2v) is 8.99. The van der Waals surface area contributed by atoms with Gasteiger partial charge in [0, 0.05) is 43.7 Å². The molecule has 1 atom stereocenters. The summed E-state index contributed by atoms with van der Waals surface area (Å²) in [7, 11) is 1.91. The highest BCUT2D eigenvalue weighted by atomic mass is 16.4. The predicted octanol–water partition coefficient (Wildman–Crippen LogP) is 3.60.